The number of halogens is 1. The third kappa shape index (κ3) is 1.02. The number of rotatable bonds is 0. The first-order chi connectivity index (χ1) is 3.70. The van der Waals surface area contributed by atoms with Crippen molar-refractivity contribution in [3.05, 3.63) is 0 Å². The molecule has 0 aromatic carbocycles. The minimum Gasteiger partial charge on any atom is -0.450 e. The first-order valence-corrected chi connectivity index (χ1v) is 3.46. The topological polar surface area (TPSA) is 26.3 Å². The van der Waals surface area contributed by atoms with E-state index in [1.54, 1.807) is 0 Å². The lowest BCUT2D eigenvalue weighted by Crippen LogP contribution is -2.01. The van der Waals surface area contributed by atoms with Gasteiger partial charge in [-0.05, 0) is 15.9 Å². The van der Waals surface area contributed by atoms with Crippen molar-refractivity contribution in [1.82, 2.24) is 0 Å². The van der Waals surface area contributed by atoms with E-state index in [0.29, 0.717) is 0 Å². The van der Waals surface area contributed by atoms with Crippen molar-refractivity contribution in [3.8, 4) is 0 Å². The average molecular weight is 179 g/mol. The van der Waals surface area contributed by atoms with E-state index in [4.69, 9.17) is 4.74 Å². The molecule has 2 nitrogen and oxygen atoms in total. The highest BCUT2D eigenvalue weighted by Crippen LogP contribution is 2.23. The number of ether oxygens (including phenoxy) is 1. The van der Waals surface area contributed by atoms with Crippen molar-refractivity contribution in [2.75, 3.05) is 0 Å². The van der Waals surface area contributed by atoms with Gasteiger partial charge in [-0.3, -0.25) is 4.79 Å². The zero-order valence-electron chi connectivity index (χ0n) is 4.56. The van der Waals surface area contributed by atoms with Crippen LogP contribution in [0, 0.1) is 5.92 Å². The lowest BCUT2D eigenvalue weighted by atomic mass is 10.1. The number of alkyl halides is 1. The Bertz CT molecular complexity index is 113. The first-order valence-electron chi connectivity index (χ1n) is 2.54. The summed E-state index contributed by atoms with van der Waals surface area (Å²) in [5.74, 6) is -0.00810. The maximum Gasteiger partial charge on any atom is 0.309 e. The Kier molecular flexibility index (Phi) is 1.56. The monoisotopic (exact) mass is 178 g/mol. The van der Waals surface area contributed by atoms with Crippen molar-refractivity contribution in [3.63, 3.8) is 0 Å². The van der Waals surface area contributed by atoms with E-state index in [1.807, 2.05) is 6.92 Å². The van der Waals surface area contributed by atoms with Gasteiger partial charge in [-0.1, -0.05) is 6.92 Å². The Hall–Kier alpha value is -0.0500. The summed E-state index contributed by atoms with van der Waals surface area (Å²) in [6.07, 6.45) is 0.804. The van der Waals surface area contributed by atoms with E-state index < -0.39 is 0 Å². The smallest absolute Gasteiger partial charge is 0.309 e. The number of carbonyl (C=O) groups excluding carboxylic acids is 1. The summed E-state index contributed by atoms with van der Waals surface area (Å²) < 4.78 is 4.75. The molecule has 3 heteroatoms. The molecule has 0 saturated carbocycles. The van der Waals surface area contributed by atoms with Crippen LogP contribution in [-0.4, -0.2) is 11.0 Å². The molecule has 2 unspecified atom stereocenters. The van der Waals surface area contributed by atoms with Crippen LogP contribution < -0.4 is 0 Å². The largest absolute Gasteiger partial charge is 0.450 e. The quantitative estimate of drug-likeness (QED) is 0.413. The Labute approximate surface area is 56.3 Å². The minimum absolute atomic E-state index is 0.0370. The fraction of sp³-hybridized carbons (Fsp3) is 0.800. The van der Waals surface area contributed by atoms with Crippen LogP contribution in [0.5, 0.6) is 0 Å². The Morgan fingerprint density at radius 3 is 2.62 bits per heavy atom. The predicted octanol–water partition coefficient (Wildman–Crippen LogP) is 1.29. The molecule has 0 N–H and O–H groups in total. The second kappa shape index (κ2) is 2.05. The van der Waals surface area contributed by atoms with Gasteiger partial charge in [0.2, 0.25) is 0 Å². The summed E-state index contributed by atoms with van der Waals surface area (Å²) in [7, 11) is 0. The van der Waals surface area contributed by atoms with Gasteiger partial charge in [0.25, 0.3) is 0 Å². The molecule has 0 aromatic heterocycles. The zero-order chi connectivity index (χ0) is 6.15. The summed E-state index contributed by atoms with van der Waals surface area (Å²) in [5.41, 5.74) is 0. The van der Waals surface area contributed by atoms with Crippen molar-refractivity contribution in [1.29, 1.82) is 0 Å². The summed E-state index contributed by atoms with van der Waals surface area (Å²) in [4.78, 5) is 10.5. The van der Waals surface area contributed by atoms with E-state index in [9.17, 15) is 4.79 Å². The van der Waals surface area contributed by atoms with Gasteiger partial charge < -0.3 is 4.74 Å². The van der Waals surface area contributed by atoms with Crippen LogP contribution in [0.2, 0.25) is 0 Å². The Morgan fingerprint density at radius 2 is 2.50 bits per heavy atom. The van der Waals surface area contributed by atoms with Crippen LogP contribution in [0.4, 0.5) is 0 Å². The number of cyclic esters (lactones) is 1. The van der Waals surface area contributed by atoms with Gasteiger partial charge in [0, 0.05) is 6.42 Å². The molecule has 1 heterocycles. The van der Waals surface area contributed by atoms with Crippen LogP contribution in [0.25, 0.3) is 0 Å². The number of esters is 1. The Balaban J connectivity index is 2.51. The van der Waals surface area contributed by atoms with Gasteiger partial charge in [0.15, 0.2) is 5.01 Å². The standard InChI is InChI=1S/C5H7BrO2/c1-3-2-4(6)8-5(3)7/h3-4H,2H2,1H3. The number of carbonyl (C=O) groups is 1. The number of hydrogen-bond acceptors (Lipinski definition) is 2. The first kappa shape index (κ1) is 6.08. The molecule has 0 spiro atoms. The highest BCUT2D eigenvalue weighted by Gasteiger charge is 2.28. The normalized spacial score (nSPS) is 37.5. The zero-order valence-corrected chi connectivity index (χ0v) is 6.14. The van der Waals surface area contributed by atoms with E-state index in [2.05, 4.69) is 15.9 Å². The molecule has 1 saturated heterocycles. The van der Waals surface area contributed by atoms with Crippen LogP contribution in [0.3, 0.4) is 0 Å². The molecule has 1 fully saturated rings. The fourth-order valence-corrected chi connectivity index (χ4v) is 1.41. The van der Waals surface area contributed by atoms with Crippen molar-refractivity contribution in [2.45, 2.75) is 18.4 Å². The van der Waals surface area contributed by atoms with E-state index in [0.717, 1.165) is 6.42 Å². The van der Waals surface area contributed by atoms with Crippen LogP contribution in [0.15, 0.2) is 0 Å². The fourth-order valence-electron chi connectivity index (χ4n) is 0.664. The van der Waals surface area contributed by atoms with Gasteiger partial charge in [-0.25, -0.2) is 0 Å². The molecule has 0 bridgehead atoms. The highest BCUT2D eigenvalue weighted by molar-refractivity contribution is 9.09. The third-order valence-corrected chi connectivity index (χ3v) is 1.75. The molecular weight excluding hydrogens is 172 g/mol. The van der Waals surface area contributed by atoms with Gasteiger partial charge >= 0.3 is 5.97 Å². The molecule has 2 atom stereocenters. The molecule has 0 radical (unpaired) electrons. The van der Waals surface area contributed by atoms with Crippen molar-refractivity contribution >= 4 is 21.9 Å². The van der Waals surface area contributed by atoms with E-state index in [-0.39, 0.29) is 16.9 Å². The molecular formula is C5H7BrO2. The van der Waals surface area contributed by atoms with Gasteiger partial charge in [0.05, 0.1) is 5.92 Å². The van der Waals surface area contributed by atoms with Crippen LogP contribution >= 0.6 is 15.9 Å². The molecule has 0 aliphatic carbocycles. The molecule has 1 aliphatic heterocycles. The summed E-state index contributed by atoms with van der Waals surface area (Å²) >= 11 is 3.18. The second-order valence-electron chi connectivity index (χ2n) is 1.98. The molecule has 8 heavy (non-hydrogen) atoms. The molecule has 1 aliphatic rings. The minimum atomic E-state index is -0.0909. The SMILES string of the molecule is CC1CC(Br)OC1=O. The second-order valence-corrected chi connectivity index (χ2v) is 3.00. The maximum atomic E-state index is 10.5. The van der Waals surface area contributed by atoms with Crippen LogP contribution in [-0.2, 0) is 9.53 Å². The van der Waals surface area contributed by atoms with E-state index in [1.165, 1.54) is 0 Å². The molecule has 0 amide bonds. The average Bonchev–Trinajstić information content (AvgIpc) is 1.85. The lowest BCUT2D eigenvalue weighted by molar-refractivity contribution is -0.141. The summed E-state index contributed by atoms with van der Waals surface area (Å²) in [5, 5.41) is -0.0370. The summed E-state index contributed by atoms with van der Waals surface area (Å²) in [6, 6.07) is 0. The predicted molar refractivity (Wildman–Crippen MR) is 32.6 cm³/mol. The van der Waals surface area contributed by atoms with Crippen LogP contribution in [0.1, 0.15) is 13.3 Å². The van der Waals surface area contributed by atoms with Gasteiger partial charge in [-0.15, -0.1) is 0 Å². The summed E-state index contributed by atoms with van der Waals surface area (Å²) in [6.45, 7) is 1.86. The maximum absolute atomic E-state index is 10.5. The molecule has 46 valence electrons. The molecule has 0 aromatic rings. The third-order valence-electron chi connectivity index (χ3n) is 1.19. The Morgan fingerprint density at radius 1 is 1.88 bits per heavy atom. The highest BCUT2D eigenvalue weighted by atomic mass is 79.9. The lowest BCUT2D eigenvalue weighted by Gasteiger charge is -1.93. The van der Waals surface area contributed by atoms with Gasteiger partial charge in [0.1, 0.15) is 0 Å². The van der Waals surface area contributed by atoms with Crippen molar-refractivity contribution in [2.24, 2.45) is 5.92 Å². The van der Waals surface area contributed by atoms with Gasteiger partial charge in [-0.2, -0.15) is 0 Å². The van der Waals surface area contributed by atoms with E-state index >= 15 is 0 Å². The number of hydrogen-bond donors (Lipinski definition) is 0. The van der Waals surface area contributed by atoms with Crippen molar-refractivity contribution < 1.29 is 9.53 Å². The molecule has 1 rings (SSSR count).